The van der Waals surface area contributed by atoms with Gasteiger partial charge in [0.15, 0.2) is 0 Å². The zero-order valence-corrected chi connectivity index (χ0v) is 14.3. The van der Waals surface area contributed by atoms with Gasteiger partial charge in [-0.1, -0.05) is 0 Å². The van der Waals surface area contributed by atoms with Gasteiger partial charge in [0.05, 0.1) is 19.9 Å². The highest BCUT2D eigenvalue weighted by molar-refractivity contribution is 6.04. The molecule has 2 aromatic carbocycles. The molecule has 0 atom stereocenters. The number of methoxy groups -OCH3 is 2. The number of allylic oxidation sites excluding steroid dienone is 2. The Bertz CT molecular complexity index is 759. The summed E-state index contributed by atoms with van der Waals surface area (Å²) >= 11 is 0. The van der Waals surface area contributed by atoms with E-state index in [1.165, 1.54) is 11.3 Å². The molecule has 0 unspecified atom stereocenters. The maximum atomic E-state index is 5.19. The van der Waals surface area contributed by atoms with E-state index in [0.29, 0.717) is 0 Å². The van der Waals surface area contributed by atoms with Gasteiger partial charge in [0.2, 0.25) is 0 Å². The lowest BCUT2D eigenvalue weighted by Gasteiger charge is -2.09. The monoisotopic (exact) mass is 322 g/mol. The second-order valence-electron chi connectivity index (χ2n) is 5.71. The largest absolute Gasteiger partial charge is 0.497 e. The third-order valence-electron chi connectivity index (χ3n) is 4.22. The Labute approximate surface area is 142 Å². The maximum Gasteiger partial charge on any atom is 0.119 e. The van der Waals surface area contributed by atoms with Crippen molar-refractivity contribution in [1.82, 2.24) is 0 Å². The molecule has 124 valence electrons. The van der Waals surface area contributed by atoms with Crippen molar-refractivity contribution in [1.29, 1.82) is 0 Å². The van der Waals surface area contributed by atoms with Gasteiger partial charge in [0.1, 0.15) is 11.5 Å². The molecule has 0 spiro atoms. The molecule has 0 aromatic heterocycles. The van der Waals surface area contributed by atoms with Crippen LogP contribution in [0, 0.1) is 0 Å². The predicted molar refractivity (Wildman–Crippen MR) is 98.6 cm³/mol. The summed E-state index contributed by atoms with van der Waals surface area (Å²) in [5, 5.41) is 3.50. The molecule has 0 amide bonds. The fourth-order valence-electron chi connectivity index (χ4n) is 2.75. The van der Waals surface area contributed by atoms with Crippen LogP contribution in [0.15, 0.2) is 64.8 Å². The number of hydrogen-bond donors (Lipinski definition) is 1. The van der Waals surface area contributed by atoms with Crippen LogP contribution in [0.1, 0.15) is 19.8 Å². The number of hydrogen-bond acceptors (Lipinski definition) is 4. The van der Waals surface area contributed by atoms with Crippen molar-refractivity contribution in [2.75, 3.05) is 19.5 Å². The molecule has 0 bridgehead atoms. The highest BCUT2D eigenvalue weighted by atomic mass is 16.5. The summed E-state index contributed by atoms with van der Waals surface area (Å²) in [6.07, 6.45) is 1.93. The molecule has 0 saturated heterocycles. The minimum Gasteiger partial charge on any atom is -0.497 e. The van der Waals surface area contributed by atoms with E-state index < -0.39 is 0 Å². The normalized spacial score (nSPS) is 15.7. The first-order valence-corrected chi connectivity index (χ1v) is 8.02. The predicted octanol–water partition coefficient (Wildman–Crippen LogP) is 4.96. The van der Waals surface area contributed by atoms with E-state index in [-0.39, 0.29) is 0 Å². The Hall–Kier alpha value is -2.75. The quantitative estimate of drug-likeness (QED) is 0.846. The molecule has 0 fully saturated rings. The van der Waals surface area contributed by atoms with Gasteiger partial charge in [0, 0.05) is 17.1 Å². The summed E-state index contributed by atoms with van der Waals surface area (Å²) in [7, 11) is 3.34. The minimum absolute atomic E-state index is 0.847. The average Bonchev–Trinajstić information content (AvgIpc) is 2.96. The molecule has 24 heavy (non-hydrogen) atoms. The van der Waals surface area contributed by atoms with Crippen LogP contribution in [0.3, 0.4) is 0 Å². The van der Waals surface area contributed by atoms with Gasteiger partial charge in [-0.3, -0.25) is 4.99 Å². The highest BCUT2D eigenvalue weighted by Crippen LogP contribution is 2.28. The molecule has 2 aromatic rings. The third kappa shape index (κ3) is 3.59. The summed E-state index contributed by atoms with van der Waals surface area (Å²) < 4.78 is 10.4. The van der Waals surface area contributed by atoms with Crippen molar-refractivity contribution in [3.63, 3.8) is 0 Å². The van der Waals surface area contributed by atoms with Crippen molar-refractivity contribution in [3.05, 3.63) is 59.8 Å². The van der Waals surface area contributed by atoms with Gasteiger partial charge in [-0.05, 0) is 73.9 Å². The van der Waals surface area contributed by atoms with Crippen LogP contribution >= 0.6 is 0 Å². The fraction of sp³-hybridized carbons (Fsp3) is 0.250. The van der Waals surface area contributed by atoms with Crippen molar-refractivity contribution in [2.45, 2.75) is 19.8 Å². The first-order chi connectivity index (χ1) is 11.7. The number of anilines is 1. The SMILES string of the molecule is COc1ccc(N=C2CCC(Nc3ccc(OC)cc3)=C2C)cc1. The molecular formula is C20H22N2O2. The minimum atomic E-state index is 0.847. The molecule has 0 saturated carbocycles. The maximum absolute atomic E-state index is 5.19. The average molecular weight is 322 g/mol. The molecule has 0 heterocycles. The van der Waals surface area contributed by atoms with E-state index in [2.05, 4.69) is 12.2 Å². The summed E-state index contributed by atoms with van der Waals surface area (Å²) in [6.45, 7) is 2.13. The zero-order chi connectivity index (χ0) is 16.9. The van der Waals surface area contributed by atoms with E-state index in [0.717, 1.165) is 41.4 Å². The molecule has 4 heteroatoms. The van der Waals surface area contributed by atoms with Gasteiger partial charge < -0.3 is 14.8 Å². The van der Waals surface area contributed by atoms with Gasteiger partial charge in [-0.25, -0.2) is 0 Å². The smallest absolute Gasteiger partial charge is 0.119 e. The third-order valence-corrected chi connectivity index (χ3v) is 4.22. The Kier molecular flexibility index (Phi) is 4.85. The lowest BCUT2D eigenvalue weighted by Crippen LogP contribution is -1.99. The van der Waals surface area contributed by atoms with E-state index in [1.807, 2.05) is 48.5 Å². The van der Waals surface area contributed by atoms with E-state index >= 15 is 0 Å². The van der Waals surface area contributed by atoms with Gasteiger partial charge >= 0.3 is 0 Å². The molecule has 0 aliphatic heterocycles. The highest BCUT2D eigenvalue weighted by Gasteiger charge is 2.17. The summed E-state index contributed by atoms with van der Waals surface area (Å²) in [4.78, 5) is 4.78. The van der Waals surface area contributed by atoms with Crippen molar-refractivity contribution >= 4 is 17.1 Å². The fourth-order valence-corrected chi connectivity index (χ4v) is 2.75. The van der Waals surface area contributed by atoms with Crippen LogP contribution in [0.25, 0.3) is 0 Å². The zero-order valence-electron chi connectivity index (χ0n) is 14.3. The van der Waals surface area contributed by atoms with E-state index in [4.69, 9.17) is 14.5 Å². The Morgan fingerprint density at radius 2 is 1.42 bits per heavy atom. The number of benzene rings is 2. The van der Waals surface area contributed by atoms with Crippen LogP contribution < -0.4 is 14.8 Å². The number of ether oxygens (including phenoxy) is 2. The lowest BCUT2D eigenvalue weighted by atomic mass is 10.2. The van der Waals surface area contributed by atoms with E-state index in [1.54, 1.807) is 14.2 Å². The van der Waals surface area contributed by atoms with Crippen molar-refractivity contribution in [3.8, 4) is 11.5 Å². The Balaban J connectivity index is 1.75. The lowest BCUT2D eigenvalue weighted by molar-refractivity contribution is 0.415. The molecule has 3 rings (SSSR count). The Morgan fingerprint density at radius 3 is 2.00 bits per heavy atom. The topological polar surface area (TPSA) is 42.8 Å². The van der Waals surface area contributed by atoms with E-state index in [9.17, 15) is 0 Å². The van der Waals surface area contributed by atoms with Crippen LogP contribution in [0.5, 0.6) is 11.5 Å². The second-order valence-corrected chi connectivity index (χ2v) is 5.71. The van der Waals surface area contributed by atoms with Gasteiger partial charge in [-0.15, -0.1) is 0 Å². The first-order valence-electron chi connectivity index (χ1n) is 8.02. The van der Waals surface area contributed by atoms with Gasteiger partial charge in [-0.2, -0.15) is 0 Å². The molecule has 0 radical (unpaired) electrons. The summed E-state index contributed by atoms with van der Waals surface area (Å²) in [6, 6.07) is 15.8. The molecule has 1 aliphatic carbocycles. The first kappa shape index (κ1) is 16.1. The van der Waals surface area contributed by atoms with Crippen LogP contribution in [-0.2, 0) is 0 Å². The molecule has 4 nitrogen and oxygen atoms in total. The standard InChI is InChI=1S/C20H22N2O2/c1-14-19(21-15-4-8-17(23-2)9-5-15)12-13-20(14)22-16-6-10-18(24-3)11-7-16/h4-11,21H,12-13H2,1-3H3. The summed E-state index contributed by atoms with van der Waals surface area (Å²) in [5.74, 6) is 1.71. The van der Waals surface area contributed by atoms with Crippen LogP contribution in [0.4, 0.5) is 11.4 Å². The summed E-state index contributed by atoms with van der Waals surface area (Å²) in [5.41, 5.74) is 5.61. The van der Waals surface area contributed by atoms with Crippen molar-refractivity contribution in [2.24, 2.45) is 4.99 Å². The number of nitrogens with one attached hydrogen (secondary N) is 1. The van der Waals surface area contributed by atoms with Crippen LogP contribution in [0.2, 0.25) is 0 Å². The number of rotatable bonds is 5. The molecule has 1 N–H and O–H groups in total. The number of nitrogens with zero attached hydrogens (tertiary/aromatic N) is 1. The number of aliphatic imine (C=N–C) groups is 1. The second kappa shape index (κ2) is 7.21. The molecular weight excluding hydrogens is 300 g/mol. The molecule has 1 aliphatic rings. The van der Waals surface area contributed by atoms with Crippen LogP contribution in [-0.4, -0.2) is 19.9 Å². The Morgan fingerprint density at radius 1 is 0.833 bits per heavy atom. The van der Waals surface area contributed by atoms with Gasteiger partial charge in [0.25, 0.3) is 0 Å². The van der Waals surface area contributed by atoms with Crippen molar-refractivity contribution < 1.29 is 9.47 Å².